The second kappa shape index (κ2) is 13.5. The van der Waals surface area contributed by atoms with E-state index in [4.69, 9.17) is 17.0 Å². The Labute approximate surface area is 251 Å². The molecule has 0 aliphatic rings. The Kier molecular flexibility index (Phi) is 9.61. The molecular formula is C37H30Cl2Zr-2. The summed E-state index contributed by atoms with van der Waals surface area (Å²) in [6, 6.07) is 50.5. The van der Waals surface area contributed by atoms with Crippen molar-refractivity contribution >= 4 is 52.5 Å². The fourth-order valence-corrected chi connectivity index (χ4v) is 9.60. The van der Waals surface area contributed by atoms with Gasteiger partial charge in [0.2, 0.25) is 0 Å². The summed E-state index contributed by atoms with van der Waals surface area (Å²) in [6.45, 7) is 4.30. The molecule has 0 heterocycles. The van der Waals surface area contributed by atoms with Crippen LogP contribution in [0, 0.1) is 13.8 Å². The minimum absolute atomic E-state index is 1.15. The summed E-state index contributed by atoms with van der Waals surface area (Å²) >= 11 is -2.44. The van der Waals surface area contributed by atoms with Gasteiger partial charge in [0.1, 0.15) is 0 Å². The third kappa shape index (κ3) is 6.79. The van der Waals surface area contributed by atoms with Crippen molar-refractivity contribution < 1.29 is 18.9 Å². The van der Waals surface area contributed by atoms with Crippen LogP contribution in [0.25, 0.3) is 32.3 Å². The van der Waals surface area contributed by atoms with Gasteiger partial charge >= 0.3 is 111 Å². The van der Waals surface area contributed by atoms with Gasteiger partial charge in [0, 0.05) is 0 Å². The molecule has 7 aromatic rings. The first-order valence-corrected chi connectivity index (χ1v) is 20.9. The standard InChI is InChI=1S/C13H9.C13H10.C11H11.2ClH.Zr/c1-3-7-12-10(5-1)9-11-6-2-4-8-13(11)12;1-3-7-12(8-4-1)11-13-9-5-2-6-10-13;1-8-6-9(2)11-5-3-4-10(11)7-8;;;/h1-9H;1-10H;3-7H,1-2H3;2*1H;/q-1;;-1;;;+2/p-2. The molecule has 0 radical (unpaired) electrons. The summed E-state index contributed by atoms with van der Waals surface area (Å²) in [5, 5.41) is 8.14. The van der Waals surface area contributed by atoms with Crippen LogP contribution in [-0.2, 0) is 18.9 Å². The van der Waals surface area contributed by atoms with Gasteiger partial charge < -0.3 is 0 Å². The minimum atomic E-state index is -2.44. The smallest absolute Gasteiger partial charge is 0.0771 e. The molecule has 198 valence electrons. The molecule has 0 aromatic heterocycles. The van der Waals surface area contributed by atoms with Gasteiger partial charge in [-0.3, -0.25) is 0 Å². The number of hydrogen-bond donors (Lipinski definition) is 0. The molecule has 0 unspecified atom stereocenters. The van der Waals surface area contributed by atoms with E-state index in [2.05, 4.69) is 123 Å². The van der Waals surface area contributed by atoms with Crippen molar-refractivity contribution in [2.75, 3.05) is 0 Å². The topological polar surface area (TPSA) is 0 Å². The quantitative estimate of drug-likeness (QED) is 0.166. The van der Waals surface area contributed by atoms with Gasteiger partial charge in [-0.05, 0) is 13.8 Å². The maximum absolute atomic E-state index is 6.24. The van der Waals surface area contributed by atoms with Gasteiger partial charge in [0.15, 0.2) is 0 Å². The molecule has 0 amide bonds. The van der Waals surface area contributed by atoms with E-state index < -0.39 is 18.9 Å². The van der Waals surface area contributed by atoms with Crippen LogP contribution >= 0.6 is 17.0 Å². The van der Waals surface area contributed by atoms with E-state index in [-0.39, 0.29) is 0 Å². The number of aryl methyl sites for hydroxylation is 2. The minimum Gasteiger partial charge on any atom is -0.126 e. The summed E-state index contributed by atoms with van der Waals surface area (Å²) in [5.41, 5.74) is 5.02. The largest absolute Gasteiger partial charge is 0.126 e. The van der Waals surface area contributed by atoms with Crippen LogP contribution in [0.3, 0.4) is 0 Å². The molecule has 0 atom stereocenters. The van der Waals surface area contributed by atoms with Gasteiger partial charge in [-0.25, -0.2) is 0 Å². The van der Waals surface area contributed by atoms with Crippen molar-refractivity contribution in [2.24, 2.45) is 0 Å². The predicted octanol–water partition coefficient (Wildman–Crippen LogP) is 11.1. The molecule has 0 saturated heterocycles. The van der Waals surface area contributed by atoms with Crippen LogP contribution in [-0.4, -0.2) is 3.21 Å². The van der Waals surface area contributed by atoms with E-state index in [1.165, 1.54) is 43.4 Å². The van der Waals surface area contributed by atoms with Crippen LogP contribution in [0.15, 0.2) is 146 Å². The molecule has 0 fully saturated rings. The Morgan fingerprint density at radius 2 is 1.05 bits per heavy atom. The number of hydrogen-bond acceptors (Lipinski definition) is 0. The van der Waals surface area contributed by atoms with Crippen LogP contribution in [0.5, 0.6) is 0 Å². The maximum Gasteiger partial charge on any atom is -0.0771 e. The van der Waals surface area contributed by atoms with Gasteiger partial charge in [0.05, 0.1) is 0 Å². The van der Waals surface area contributed by atoms with Gasteiger partial charge in [-0.2, -0.15) is 12.1 Å². The third-order valence-corrected chi connectivity index (χ3v) is 11.5. The first kappa shape index (κ1) is 28.4. The molecule has 0 aliphatic heterocycles. The molecule has 7 rings (SSSR count). The van der Waals surface area contributed by atoms with E-state index >= 15 is 0 Å². The normalized spacial score (nSPS) is 10.5. The van der Waals surface area contributed by atoms with Crippen molar-refractivity contribution in [1.82, 2.24) is 0 Å². The van der Waals surface area contributed by atoms with E-state index in [0.29, 0.717) is 0 Å². The Morgan fingerprint density at radius 3 is 1.57 bits per heavy atom. The second-order valence-electron chi connectivity index (χ2n) is 9.80. The Morgan fingerprint density at radius 1 is 0.550 bits per heavy atom. The summed E-state index contributed by atoms with van der Waals surface area (Å²) in [4.78, 5) is 0. The monoisotopic (exact) mass is 634 g/mol. The van der Waals surface area contributed by atoms with E-state index in [1.54, 1.807) is 0 Å². The molecule has 3 heteroatoms. The van der Waals surface area contributed by atoms with Gasteiger partial charge in [0.25, 0.3) is 0 Å². The molecule has 0 nitrogen and oxygen atoms in total. The average Bonchev–Trinajstić information content (AvgIpc) is 3.60. The zero-order valence-corrected chi connectivity index (χ0v) is 26.6. The van der Waals surface area contributed by atoms with Gasteiger partial charge in [-0.15, -0.1) is 62.6 Å². The maximum atomic E-state index is 6.24. The third-order valence-electron chi connectivity index (χ3n) is 6.94. The van der Waals surface area contributed by atoms with Crippen LogP contribution in [0.4, 0.5) is 0 Å². The van der Waals surface area contributed by atoms with Crippen molar-refractivity contribution in [3.63, 3.8) is 0 Å². The summed E-state index contributed by atoms with van der Waals surface area (Å²) in [6.07, 6.45) is 0. The Hall–Kier alpha value is -3.09. The average molecular weight is 637 g/mol. The van der Waals surface area contributed by atoms with Crippen LogP contribution in [0.1, 0.15) is 22.3 Å². The Bertz CT molecular complexity index is 1780. The first-order chi connectivity index (χ1) is 19.5. The number of rotatable bonds is 2. The molecule has 7 aromatic carbocycles. The first-order valence-electron chi connectivity index (χ1n) is 13.3. The molecule has 0 bridgehead atoms. The zero-order chi connectivity index (χ0) is 27.9. The van der Waals surface area contributed by atoms with Crippen LogP contribution in [0.2, 0.25) is 0 Å². The zero-order valence-electron chi connectivity index (χ0n) is 22.6. The molecule has 0 spiro atoms. The van der Waals surface area contributed by atoms with Crippen molar-refractivity contribution in [3.8, 4) is 0 Å². The van der Waals surface area contributed by atoms with E-state index in [1.807, 2.05) is 36.4 Å². The van der Waals surface area contributed by atoms with E-state index in [0.717, 1.165) is 14.3 Å². The number of fused-ring (bicyclic) bond motifs is 4. The summed E-state index contributed by atoms with van der Waals surface area (Å²) in [5.74, 6) is 0. The SMILES string of the molecule is Cc1cc(C)c2cc[cH-]c2c1.[Cl][Zr]([Cl])=[C](c1ccccc1)c1ccccc1.c1ccc2c(c1)[cH-]c1ccccc12. The van der Waals surface area contributed by atoms with Gasteiger partial charge in [-0.1, -0.05) is 53.6 Å². The van der Waals surface area contributed by atoms with Crippen LogP contribution < -0.4 is 0 Å². The molecular weight excluding hydrogens is 607 g/mol. The fourth-order valence-electron chi connectivity index (χ4n) is 5.12. The Balaban J connectivity index is 0.000000123. The fraction of sp³-hybridized carbons (Fsp3) is 0.0541. The van der Waals surface area contributed by atoms with E-state index in [9.17, 15) is 0 Å². The predicted molar refractivity (Wildman–Crippen MR) is 174 cm³/mol. The van der Waals surface area contributed by atoms with Crippen molar-refractivity contribution in [3.05, 3.63) is 168 Å². The molecule has 0 aliphatic carbocycles. The van der Waals surface area contributed by atoms with Crippen molar-refractivity contribution in [2.45, 2.75) is 13.8 Å². The molecule has 40 heavy (non-hydrogen) atoms. The number of halogens is 2. The molecule has 0 saturated carbocycles. The van der Waals surface area contributed by atoms with Crippen molar-refractivity contribution in [1.29, 1.82) is 0 Å². The second-order valence-corrected chi connectivity index (χ2v) is 17.9. The number of benzene rings is 5. The summed E-state index contributed by atoms with van der Waals surface area (Å²) in [7, 11) is 12.5. The molecule has 0 N–H and O–H groups in total. The summed E-state index contributed by atoms with van der Waals surface area (Å²) < 4.78 is 1.15.